The lowest BCUT2D eigenvalue weighted by molar-refractivity contribution is -0.114. The average Bonchev–Trinajstić information content (AvgIpc) is 3.17. The molecule has 32 heavy (non-hydrogen) atoms. The van der Waals surface area contributed by atoms with Gasteiger partial charge < -0.3 is 16.0 Å². The van der Waals surface area contributed by atoms with E-state index < -0.39 is 17.2 Å². The maximum Gasteiger partial charge on any atom is 0.328 e. The van der Waals surface area contributed by atoms with Crippen LogP contribution in [-0.4, -0.2) is 32.7 Å². The van der Waals surface area contributed by atoms with Gasteiger partial charge in [0, 0.05) is 28.0 Å². The standard InChI is InChI=1S/C20H20Cl2N6O3S/c1-4-11-12(21)5-10(6-13(11)22)14-8-32-19(25-14)26-15(29)7-24-16-17(9(2)23)28(3)20(31)27-18(16)30/h5-6,8,23-24H,4,7H2,1-3H3,(H,25,26,29)(H,27,30,31). The van der Waals surface area contributed by atoms with Gasteiger partial charge in [0.1, 0.15) is 5.69 Å². The second-order valence-electron chi connectivity index (χ2n) is 6.88. The van der Waals surface area contributed by atoms with E-state index in [2.05, 4.69) is 20.6 Å². The predicted octanol–water partition coefficient (Wildman–Crippen LogP) is 3.50. The Morgan fingerprint density at radius 1 is 1.28 bits per heavy atom. The van der Waals surface area contributed by atoms with Gasteiger partial charge in [0.2, 0.25) is 5.91 Å². The first-order valence-electron chi connectivity index (χ1n) is 9.48. The van der Waals surface area contributed by atoms with E-state index in [1.807, 2.05) is 6.92 Å². The molecule has 0 atom stereocenters. The Morgan fingerprint density at radius 2 is 1.94 bits per heavy atom. The van der Waals surface area contributed by atoms with E-state index in [0.29, 0.717) is 27.3 Å². The molecular weight excluding hydrogens is 475 g/mol. The molecule has 0 aliphatic carbocycles. The maximum absolute atomic E-state index is 12.4. The first-order valence-corrected chi connectivity index (χ1v) is 11.1. The second-order valence-corrected chi connectivity index (χ2v) is 8.55. The molecule has 0 aliphatic heterocycles. The van der Waals surface area contributed by atoms with Crippen molar-refractivity contribution in [3.05, 3.63) is 59.7 Å². The Labute approximate surface area is 196 Å². The number of carbonyl (C=O) groups excluding carboxylic acids is 1. The fourth-order valence-corrected chi connectivity index (χ4v) is 4.60. The zero-order valence-electron chi connectivity index (χ0n) is 17.4. The molecule has 2 aromatic heterocycles. The van der Waals surface area contributed by atoms with E-state index in [-0.39, 0.29) is 23.6 Å². The summed E-state index contributed by atoms with van der Waals surface area (Å²) in [6, 6.07) is 3.56. The van der Waals surface area contributed by atoms with E-state index in [0.717, 1.165) is 15.7 Å². The topological polar surface area (TPSA) is 133 Å². The van der Waals surface area contributed by atoms with Crippen LogP contribution in [0, 0.1) is 5.41 Å². The smallest absolute Gasteiger partial charge is 0.328 e. The summed E-state index contributed by atoms with van der Waals surface area (Å²) < 4.78 is 1.14. The third-order valence-electron chi connectivity index (χ3n) is 4.65. The van der Waals surface area contributed by atoms with Crippen molar-refractivity contribution in [2.75, 3.05) is 17.2 Å². The molecule has 0 unspecified atom stereocenters. The Balaban J connectivity index is 1.74. The fourth-order valence-electron chi connectivity index (χ4n) is 3.11. The minimum absolute atomic E-state index is 0.00888. The number of amides is 1. The van der Waals surface area contributed by atoms with Gasteiger partial charge in [-0.25, -0.2) is 9.78 Å². The number of aromatic amines is 1. The van der Waals surface area contributed by atoms with Crippen molar-refractivity contribution in [2.45, 2.75) is 20.3 Å². The monoisotopic (exact) mass is 494 g/mol. The molecule has 168 valence electrons. The number of hydrogen-bond acceptors (Lipinski definition) is 7. The van der Waals surface area contributed by atoms with Gasteiger partial charge in [0.25, 0.3) is 5.56 Å². The average molecular weight is 495 g/mol. The normalized spacial score (nSPS) is 10.8. The van der Waals surface area contributed by atoms with Crippen LogP contribution < -0.4 is 21.9 Å². The van der Waals surface area contributed by atoms with E-state index in [1.165, 1.54) is 25.3 Å². The third-order valence-corrected chi connectivity index (χ3v) is 6.08. The molecule has 3 rings (SSSR count). The zero-order chi connectivity index (χ0) is 23.6. The van der Waals surface area contributed by atoms with Crippen LogP contribution in [-0.2, 0) is 18.3 Å². The maximum atomic E-state index is 12.4. The molecule has 0 spiro atoms. The van der Waals surface area contributed by atoms with Crippen molar-refractivity contribution in [3.8, 4) is 11.3 Å². The predicted molar refractivity (Wildman–Crippen MR) is 129 cm³/mol. The Hall–Kier alpha value is -2.95. The molecule has 0 aliphatic rings. The fraction of sp³-hybridized carbons (Fsp3) is 0.250. The number of aromatic nitrogens is 3. The summed E-state index contributed by atoms with van der Waals surface area (Å²) in [5.41, 5.74) is 0.935. The van der Waals surface area contributed by atoms with Gasteiger partial charge in [0.05, 0.1) is 23.6 Å². The molecule has 2 heterocycles. The van der Waals surface area contributed by atoms with Crippen molar-refractivity contribution in [2.24, 2.45) is 7.05 Å². The first kappa shape index (κ1) is 23.7. The molecule has 1 amide bonds. The van der Waals surface area contributed by atoms with Crippen molar-refractivity contribution >= 4 is 57.0 Å². The highest BCUT2D eigenvalue weighted by molar-refractivity contribution is 7.14. The van der Waals surface area contributed by atoms with Crippen molar-refractivity contribution in [3.63, 3.8) is 0 Å². The molecule has 1 aromatic carbocycles. The molecule has 0 saturated heterocycles. The second kappa shape index (κ2) is 9.68. The van der Waals surface area contributed by atoms with Crippen LogP contribution in [0.25, 0.3) is 11.3 Å². The lowest BCUT2D eigenvalue weighted by Gasteiger charge is -2.13. The lowest BCUT2D eigenvalue weighted by atomic mass is 10.1. The summed E-state index contributed by atoms with van der Waals surface area (Å²) in [5.74, 6) is -0.454. The van der Waals surface area contributed by atoms with Crippen LogP contribution in [0.3, 0.4) is 0 Å². The molecule has 4 N–H and O–H groups in total. The Bertz CT molecular complexity index is 1300. The molecule has 0 radical (unpaired) electrons. The van der Waals surface area contributed by atoms with Crippen LogP contribution in [0.15, 0.2) is 27.1 Å². The number of halogens is 2. The number of hydrogen-bond donors (Lipinski definition) is 4. The van der Waals surface area contributed by atoms with E-state index in [4.69, 9.17) is 28.6 Å². The van der Waals surface area contributed by atoms with E-state index in [9.17, 15) is 14.4 Å². The van der Waals surface area contributed by atoms with E-state index in [1.54, 1.807) is 17.5 Å². The van der Waals surface area contributed by atoms with Crippen molar-refractivity contribution in [1.82, 2.24) is 14.5 Å². The van der Waals surface area contributed by atoms with Crippen molar-refractivity contribution in [1.29, 1.82) is 5.41 Å². The molecule has 12 heteroatoms. The van der Waals surface area contributed by atoms with Gasteiger partial charge in [-0.05, 0) is 31.0 Å². The number of rotatable bonds is 7. The summed E-state index contributed by atoms with van der Waals surface area (Å²) in [7, 11) is 1.43. The quantitative estimate of drug-likeness (QED) is 0.373. The summed E-state index contributed by atoms with van der Waals surface area (Å²) in [5, 5.41) is 16.4. The Morgan fingerprint density at radius 3 is 2.53 bits per heavy atom. The highest BCUT2D eigenvalue weighted by atomic mass is 35.5. The van der Waals surface area contributed by atoms with Gasteiger partial charge in [-0.2, -0.15) is 0 Å². The number of thiazole rings is 1. The van der Waals surface area contributed by atoms with Gasteiger partial charge in [0.15, 0.2) is 5.13 Å². The van der Waals surface area contributed by atoms with Crippen molar-refractivity contribution < 1.29 is 4.79 Å². The number of benzene rings is 1. The number of nitrogens with one attached hydrogen (secondary N) is 4. The van der Waals surface area contributed by atoms with Gasteiger partial charge >= 0.3 is 5.69 Å². The highest BCUT2D eigenvalue weighted by Crippen LogP contribution is 2.33. The lowest BCUT2D eigenvalue weighted by Crippen LogP contribution is -2.36. The number of H-pyrrole nitrogens is 1. The van der Waals surface area contributed by atoms with Gasteiger partial charge in [-0.15, -0.1) is 11.3 Å². The van der Waals surface area contributed by atoms with Crippen LogP contribution >= 0.6 is 34.5 Å². The zero-order valence-corrected chi connectivity index (χ0v) is 19.8. The summed E-state index contributed by atoms with van der Waals surface area (Å²) in [6.07, 6.45) is 0.709. The molecule has 0 bridgehead atoms. The summed E-state index contributed by atoms with van der Waals surface area (Å²) in [4.78, 5) is 42.9. The molecule has 3 aromatic rings. The minimum atomic E-state index is -0.705. The Kier molecular flexibility index (Phi) is 7.17. The molecule has 9 nitrogen and oxygen atoms in total. The van der Waals surface area contributed by atoms with Crippen LogP contribution in [0.1, 0.15) is 25.1 Å². The largest absolute Gasteiger partial charge is 0.370 e. The van der Waals surface area contributed by atoms with E-state index >= 15 is 0 Å². The molecule has 0 fully saturated rings. The number of nitrogens with zero attached hydrogens (tertiary/aromatic N) is 2. The number of carbonyl (C=O) groups is 1. The van der Waals surface area contributed by atoms with Crippen LogP contribution in [0.4, 0.5) is 10.8 Å². The summed E-state index contributed by atoms with van der Waals surface area (Å²) in [6.45, 7) is 3.15. The number of anilines is 2. The molecule has 0 saturated carbocycles. The first-order chi connectivity index (χ1) is 15.1. The third kappa shape index (κ3) is 4.93. The van der Waals surface area contributed by atoms with Gasteiger partial charge in [-0.1, -0.05) is 30.1 Å². The van der Waals surface area contributed by atoms with Crippen LogP contribution in [0.2, 0.25) is 10.0 Å². The SMILES string of the molecule is CCc1c(Cl)cc(-c2csc(NC(=O)CNc3c(C(C)=N)n(C)c(=O)[nH]c3=O)n2)cc1Cl. The molecular formula is C20H20Cl2N6O3S. The summed E-state index contributed by atoms with van der Waals surface area (Å²) >= 11 is 13.8. The minimum Gasteiger partial charge on any atom is -0.370 e. The van der Waals surface area contributed by atoms with Crippen LogP contribution in [0.5, 0.6) is 0 Å². The van der Waals surface area contributed by atoms with Gasteiger partial charge in [-0.3, -0.25) is 19.1 Å². The highest BCUT2D eigenvalue weighted by Gasteiger charge is 2.16.